The zero-order valence-corrected chi connectivity index (χ0v) is 18.1. The highest BCUT2D eigenvalue weighted by Crippen LogP contribution is 2.24. The zero-order valence-electron chi connectivity index (χ0n) is 18.1. The molecule has 1 atom stereocenters. The number of rotatable bonds is 7. The van der Waals surface area contributed by atoms with Crippen LogP contribution in [0.15, 0.2) is 53.1 Å². The van der Waals surface area contributed by atoms with Gasteiger partial charge in [-0.3, -0.25) is 4.79 Å². The SMILES string of the molecule is CC(C)c1ccc(-c2noc(CCC(=O)N3CCCC3Cc3cccc(F)c3)n2)cc1. The summed E-state index contributed by atoms with van der Waals surface area (Å²) in [4.78, 5) is 19.2. The lowest BCUT2D eigenvalue weighted by molar-refractivity contribution is -0.132. The molecule has 1 amide bonds. The third kappa shape index (κ3) is 5.19. The molecule has 1 fully saturated rings. The molecule has 5 nitrogen and oxygen atoms in total. The first-order chi connectivity index (χ1) is 15.0. The molecule has 1 aromatic heterocycles. The summed E-state index contributed by atoms with van der Waals surface area (Å²) in [6.45, 7) is 5.05. The highest BCUT2D eigenvalue weighted by molar-refractivity contribution is 5.77. The van der Waals surface area contributed by atoms with Crippen LogP contribution in [-0.4, -0.2) is 33.5 Å². The molecular weight excluding hydrogens is 393 g/mol. The van der Waals surface area contributed by atoms with E-state index < -0.39 is 0 Å². The van der Waals surface area contributed by atoms with Gasteiger partial charge in [-0.05, 0) is 48.4 Å². The molecule has 1 aliphatic rings. The molecule has 31 heavy (non-hydrogen) atoms. The standard InChI is InChI=1S/C25H28FN3O2/c1-17(2)19-8-10-20(11-9-19)25-27-23(31-28-25)12-13-24(30)29-14-4-7-22(29)16-18-5-3-6-21(26)15-18/h3,5-6,8-11,15,17,22H,4,7,12-14,16H2,1-2H3. The molecular formula is C25H28FN3O2. The van der Waals surface area contributed by atoms with Gasteiger partial charge in [-0.1, -0.05) is 55.4 Å². The van der Waals surface area contributed by atoms with Gasteiger partial charge in [0.05, 0.1) is 0 Å². The molecule has 0 spiro atoms. The van der Waals surface area contributed by atoms with Crippen molar-refractivity contribution in [1.82, 2.24) is 15.0 Å². The minimum Gasteiger partial charge on any atom is -0.339 e. The van der Waals surface area contributed by atoms with Crippen molar-refractivity contribution in [2.45, 2.75) is 57.9 Å². The Hall–Kier alpha value is -3.02. The van der Waals surface area contributed by atoms with Crippen molar-refractivity contribution in [1.29, 1.82) is 0 Å². The molecule has 162 valence electrons. The Morgan fingerprint density at radius 1 is 1.23 bits per heavy atom. The van der Waals surface area contributed by atoms with Crippen LogP contribution in [-0.2, 0) is 17.6 Å². The molecule has 6 heteroatoms. The fourth-order valence-electron chi connectivity index (χ4n) is 4.16. The zero-order chi connectivity index (χ0) is 21.8. The molecule has 0 saturated carbocycles. The van der Waals surface area contributed by atoms with Crippen LogP contribution in [0.25, 0.3) is 11.4 Å². The first kappa shape index (κ1) is 21.2. The Labute approximate surface area is 182 Å². The van der Waals surface area contributed by atoms with Gasteiger partial charge in [0, 0.05) is 31.0 Å². The number of aryl methyl sites for hydroxylation is 1. The molecule has 0 aliphatic carbocycles. The van der Waals surface area contributed by atoms with Crippen LogP contribution >= 0.6 is 0 Å². The fraction of sp³-hybridized carbons (Fsp3) is 0.400. The van der Waals surface area contributed by atoms with Crippen molar-refractivity contribution in [2.24, 2.45) is 0 Å². The smallest absolute Gasteiger partial charge is 0.227 e. The summed E-state index contributed by atoms with van der Waals surface area (Å²) in [5, 5.41) is 4.07. The maximum absolute atomic E-state index is 13.5. The van der Waals surface area contributed by atoms with E-state index in [-0.39, 0.29) is 17.8 Å². The Kier molecular flexibility index (Phi) is 6.44. The van der Waals surface area contributed by atoms with Crippen molar-refractivity contribution in [3.8, 4) is 11.4 Å². The van der Waals surface area contributed by atoms with Crippen LogP contribution in [0, 0.1) is 5.82 Å². The number of likely N-dealkylation sites (tertiary alicyclic amines) is 1. The average Bonchev–Trinajstić information content (AvgIpc) is 3.42. The molecule has 2 aromatic carbocycles. The second-order valence-corrected chi connectivity index (χ2v) is 8.51. The van der Waals surface area contributed by atoms with E-state index in [9.17, 15) is 9.18 Å². The van der Waals surface area contributed by atoms with Crippen LogP contribution in [0.4, 0.5) is 4.39 Å². The third-order valence-electron chi connectivity index (χ3n) is 5.91. The summed E-state index contributed by atoms with van der Waals surface area (Å²) < 4.78 is 18.9. The number of amides is 1. The number of aromatic nitrogens is 2. The maximum Gasteiger partial charge on any atom is 0.227 e. The molecule has 2 heterocycles. The highest BCUT2D eigenvalue weighted by atomic mass is 19.1. The minimum atomic E-state index is -0.237. The summed E-state index contributed by atoms with van der Waals surface area (Å²) in [7, 11) is 0. The van der Waals surface area contributed by atoms with Gasteiger partial charge in [0.15, 0.2) is 0 Å². The largest absolute Gasteiger partial charge is 0.339 e. The van der Waals surface area contributed by atoms with E-state index in [0.29, 0.717) is 36.9 Å². The molecule has 3 aromatic rings. The predicted molar refractivity (Wildman–Crippen MR) is 117 cm³/mol. The van der Waals surface area contributed by atoms with E-state index in [1.165, 1.54) is 11.6 Å². The van der Waals surface area contributed by atoms with E-state index in [4.69, 9.17) is 4.52 Å². The van der Waals surface area contributed by atoms with Crippen LogP contribution in [0.2, 0.25) is 0 Å². The number of benzene rings is 2. The number of carbonyl (C=O) groups is 1. The molecule has 4 rings (SSSR count). The second-order valence-electron chi connectivity index (χ2n) is 8.51. The van der Waals surface area contributed by atoms with Crippen LogP contribution in [0.1, 0.15) is 56.0 Å². The maximum atomic E-state index is 13.5. The average molecular weight is 422 g/mol. The van der Waals surface area contributed by atoms with Gasteiger partial charge >= 0.3 is 0 Å². The fourth-order valence-corrected chi connectivity index (χ4v) is 4.16. The summed E-state index contributed by atoms with van der Waals surface area (Å²) >= 11 is 0. The Morgan fingerprint density at radius 2 is 2.03 bits per heavy atom. The lowest BCUT2D eigenvalue weighted by Gasteiger charge is -2.24. The molecule has 0 radical (unpaired) electrons. The first-order valence-electron chi connectivity index (χ1n) is 11.0. The van der Waals surface area contributed by atoms with E-state index in [1.807, 2.05) is 23.1 Å². The monoisotopic (exact) mass is 421 g/mol. The number of carbonyl (C=O) groups excluding carboxylic acids is 1. The van der Waals surface area contributed by atoms with Crippen molar-refractivity contribution >= 4 is 5.91 Å². The Bertz CT molecular complexity index is 1030. The molecule has 1 saturated heterocycles. The number of nitrogens with zero attached hydrogens (tertiary/aromatic N) is 3. The molecule has 0 bridgehead atoms. The third-order valence-corrected chi connectivity index (χ3v) is 5.91. The summed E-state index contributed by atoms with van der Waals surface area (Å²) in [6.07, 6.45) is 3.34. The Balaban J connectivity index is 1.34. The normalized spacial score (nSPS) is 16.3. The van der Waals surface area contributed by atoms with E-state index in [0.717, 1.165) is 30.5 Å². The van der Waals surface area contributed by atoms with E-state index in [1.54, 1.807) is 12.1 Å². The summed E-state index contributed by atoms with van der Waals surface area (Å²) in [5.74, 6) is 1.33. The van der Waals surface area contributed by atoms with Crippen molar-refractivity contribution < 1.29 is 13.7 Å². The van der Waals surface area contributed by atoms with Crippen molar-refractivity contribution in [2.75, 3.05) is 6.54 Å². The summed E-state index contributed by atoms with van der Waals surface area (Å²) in [6, 6.07) is 14.9. The number of halogens is 1. The van der Waals surface area contributed by atoms with Crippen molar-refractivity contribution in [3.63, 3.8) is 0 Å². The van der Waals surface area contributed by atoms with Crippen LogP contribution in [0.3, 0.4) is 0 Å². The van der Waals surface area contributed by atoms with Gasteiger partial charge < -0.3 is 9.42 Å². The quantitative estimate of drug-likeness (QED) is 0.528. The lowest BCUT2D eigenvalue weighted by Crippen LogP contribution is -2.37. The van der Waals surface area contributed by atoms with Gasteiger partial charge in [0.25, 0.3) is 0 Å². The van der Waals surface area contributed by atoms with Gasteiger partial charge in [0.2, 0.25) is 17.6 Å². The first-order valence-corrected chi connectivity index (χ1v) is 11.0. The van der Waals surface area contributed by atoms with Gasteiger partial charge in [-0.25, -0.2) is 4.39 Å². The van der Waals surface area contributed by atoms with Gasteiger partial charge in [-0.2, -0.15) is 4.98 Å². The predicted octanol–water partition coefficient (Wildman–Crippen LogP) is 5.17. The molecule has 0 N–H and O–H groups in total. The van der Waals surface area contributed by atoms with Crippen molar-refractivity contribution in [3.05, 3.63) is 71.4 Å². The number of hydrogen-bond acceptors (Lipinski definition) is 4. The van der Waals surface area contributed by atoms with E-state index in [2.05, 4.69) is 36.1 Å². The highest BCUT2D eigenvalue weighted by Gasteiger charge is 2.28. The minimum absolute atomic E-state index is 0.0833. The Morgan fingerprint density at radius 3 is 2.77 bits per heavy atom. The second kappa shape index (κ2) is 9.41. The van der Waals surface area contributed by atoms with Gasteiger partial charge in [0.1, 0.15) is 5.82 Å². The van der Waals surface area contributed by atoms with Crippen LogP contribution < -0.4 is 0 Å². The summed E-state index contributed by atoms with van der Waals surface area (Å²) in [5.41, 5.74) is 3.09. The molecule has 1 aliphatic heterocycles. The molecule has 1 unspecified atom stereocenters. The van der Waals surface area contributed by atoms with Crippen LogP contribution in [0.5, 0.6) is 0 Å². The van der Waals surface area contributed by atoms with Gasteiger partial charge in [-0.15, -0.1) is 0 Å². The topological polar surface area (TPSA) is 59.2 Å². The van der Waals surface area contributed by atoms with E-state index >= 15 is 0 Å². The lowest BCUT2D eigenvalue weighted by atomic mass is 10.0. The number of hydrogen-bond donors (Lipinski definition) is 0.